The van der Waals surface area contributed by atoms with E-state index in [4.69, 9.17) is 0 Å². The summed E-state index contributed by atoms with van der Waals surface area (Å²) in [4.78, 5) is 18.2. The highest BCUT2D eigenvalue weighted by atomic mass is 19.4. The van der Waals surface area contributed by atoms with Gasteiger partial charge in [-0.15, -0.1) is 0 Å². The van der Waals surface area contributed by atoms with Gasteiger partial charge in [0, 0.05) is 39.3 Å². The molecule has 2 saturated heterocycles. The average molecular weight is 422 g/mol. The Morgan fingerprint density at radius 1 is 1.13 bits per heavy atom. The van der Waals surface area contributed by atoms with Gasteiger partial charge in [0.25, 0.3) is 0 Å². The van der Waals surface area contributed by atoms with E-state index in [1.807, 2.05) is 49.1 Å². The molecule has 1 aromatic rings. The molecule has 2 heterocycles. The molecule has 0 aromatic heterocycles. The Labute approximate surface area is 176 Å². The molecule has 8 heteroatoms. The van der Waals surface area contributed by atoms with Gasteiger partial charge in [0.05, 0.1) is 6.07 Å². The number of halogens is 3. The van der Waals surface area contributed by atoms with Crippen LogP contribution in [0, 0.1) is 22.7 Å². The van der Waals surface area contributed by atoms with Crippen LogP contribution in [0.25, 0.3) is 0 Å². The van der Waals surface area contributed by atoms with E-state index in [1.165, 1.54) is 4.90 Å². The minimum absolute atomic E-state index is 0.125. The number of piperazine rings is 1. The summed E-state index contributed by atoms with van der Waals surface area (Å²) in [5, 5.41) is 9.37. The molecule has 2 aliphatic heterocycles. The lowest BCUT2D eigenvalue weighted by Gasteiger charge is -2.42. The number of alkyl halides is 3. The maximum absolute atomic E-state index is 14.2. The topological polar surface area (TPSA) is 50.6 Å². The zero-order chi connectivity index (χ0) is 21.9. The Kier molecular flexibility index (Phi) is 6.73. The number of nitriles is 1. The van der Waals surface area contributed by atoms with Crippen molar-refractivity contribution in [3.05, 3.63) is 35.9 Å². The SMILES string of the molecule is CC(C)C(C#N)N1CCN(C(=O)C2(C(F)(F)F)CCN(Cc3ccccc3)C2)CC1. The molecule has 2 unspecified atom stereocenters. The van der Waals surface area contributed by atoms with Gasteiger partial charge in [0.2, 0.25) is 5.91 Å². The Morgan fingerprint density at radius 2 is 1.77 bits per heavy atom. The van der Waals surface area contributed by atoms with Gasteiger partial charge in [-0.1, -0.05) is 44.2 Å². The predicted octanol–water partition coefficient (Wildman–Crippen LogP) is 3.13. The van der Waals surface area contributed by atoms with Gasteiger partial charge in [-0.25, -0.2) is 0 Å². The Morgan fingerprint density at radius 3 is 2.30 bits per heavy atom. The third-order valence-corrected chi connectivity index (χ3v) is 6.31. The van der Waals surface area contributed by atoms with Crippen LogP contribution < -0.4 is 0 Å². The molecule has 164 valence electrons. The van der Waals surface area contributed by atoms with Crippen molar-refractivity contribution in [1.29, 1.82) is 5.26 Å². The largest absolute Gasteiger partial charge is 0.404 e. The average Bonchev–Trinajstić information content (AvgIpc) is 3.14. The van der Waals surface area contributed by atoms with E-state index in [1.54, 1.807) is 4.90 Å². The normalized spacial score (nSPS) is 24.8. The number of carbonyl (C=O) groups is 1. The van der Waals surface area contributed by atoms with Crippen molar-refractivity contribution in [3.8, 4) is 6.07 Å². The first-order valence-electron chi connectivity index (χ1n) is 10.4. The molecular weight excluding hydrogens is 393 g/mol. The van der Waals surface area contributed by atoms with Crippen molar-refractivity contribution in [3.63, 3.8) is 0 Å². The third kappa shape index (κ3) is 4.47. The fraction of sp³-hybridized carbons (Fsp3) is 0.636. The van der Waals surface area contributed by atoms with Crippen LogP contribution in [0.3, 0.4) is 0 Å². The van der Waals surface area contributed by atoms with E-state index < -0.39 is 17.5 Å². The van der Waals surface area contributed by atoms with Crippen molar-refractivity contribution in [2.45, 2.75) is 39.0 Å². The number of likely N-dealkylation sites (tertiary alicyclic amines) is 1. The summed E-state index contributed by atoms with van der Waals surface area (Å²) >= 11 is 0. The van der Waals surface area contributed by atoms with Crippen LogP contribution in [0.4, 0.5) is 13.2 Å². The highest BCUT2D eigenvalue weighted by Gasteiger charge is 2.64. The second-order valence-corrected chi connectivity index (χ2v) is 8.67. The summed E-state index contributed by atoms with van der Waals surface area (Å²) in [6.45, 7) is 5.52. The summed E-state index contributed by atoms with van der Waals surface area (Å²) in [5.74, 6) is -0.691. The summed E-state index contributed by atoms with van der Waals surface area (Å²) in [6, 6.07) is 11.3. The molecule has 2 atom stereocenters. The quantitative estimate of drug-likeness (QED) is 0.732. The second kappa shape index (κ2) is 8.94. The molecule has 2 aliphatic rings. The summed E-state index contributed by atoms with van der Waals surface area (Å²) in [5.41, 5.74) is -1.41. The van der Waals surface area contributed by atoms with E-state index in [-0.39, 0.29) is 44.6 Å². The number of nitrogens with zero attached hydrogens (tertiary/aromatic N) is 4. The Bertz CT molecular complexity index is 769. The smallest absolute Gasteiger partial charge is 0.339 e. The molecule has 1 amide bonds. The molecule has 0 saturated carbocycles. The van der Waals surface area contributed by atoms with Gasteiger partial charge in [-0.05, 0) is 24.4 Å². The number of hydrogen-bond donors (Lipinski definition) is 0. The van der Waals surface area contributed by atoms with Crippen molar-refractivity contribution < 1.29 is 18.0 Å². The minimum atomic E-state index is -4.60. The lowest BCUT2D eigenvalue weighted by atomic mass is 9.84. The molecule has 0 radical (unpaired) electrons. The van der Waals surface area contributed by atoms with Crippen LogP contribution in [0.1, 0.15) is 25.8 Å². The number of benzene rings is 1. The fourth-order valence-corrected chi connectivity index (χ4v) is 4.55. The van der Waals surface area contributed by atoms with Crippen LogP contribution in [0.15, 0.2) is 30.3 Å². The van der Waals surface area contributed by atoms with Gasteiger partial charge in [-0.3, -0.25) is 14.6 Å². The van der Waals surface area contributed by atoms with E-state index >= 15 is 0 Å². The first kappa shape index (κ1) is 22.6. The molecule has 0 aliphatic carbocycles. The molecule has 0 bridgehead atoms. The van der Waals surface area contributed by atoms with Gasteiger partial charge in [0.15, 0.2) is 5.41 Å². The predicted molar refractivity (Wildman–Crippen MR) is 107 cm³/mol. The molecule has 1 aromatic carbocycles. The zero-order valence-corrected chi connectivity index (χ0v) is 17.5. The van der Waals surface area contributed by atoms with Crippen molar-refractivity contribution in [2.75, 3.05) is 39.3 Å². The van der Waals surface area contributed by atoms with Crippen LogP contribution >= 0.6 is 0 Å². The lowest BCUT2D eigenvalue weighted by molar-refractivity contribution is -0.224. The number of hydrogen-bond acceptors (Lipinski definition) is 4. The number of carbonyl (C=O) groups excluding carboxylic acids is 1. The van der Waals surface area contributed by atoms with E-state index in [0.29, 0.717) is 19.6 Å². The number of amides is 1. The summed E-state index contributed by atoms with van der Waals surface area (Å²) in [6.07, 6.45) is -4.81. The fourth-order valence-electron chi connectivity index (χ4n) is 4.55. The molecular formula is C22H29F3N4O. The van der Waals surface area contributed by atoms with E-state index in [0.717, 1.165) is 5.56 Å². The first-order valence-corrected chi connectivity index (χ1v) is 10.4. The van der Waals surface area contributed by atoms with Crippen LogP contribution in [-0.2, 0) is 11.3 Å². The lowest BCUT2D eigenvalue weighted by Crippen LogP contribution is -2.59. The first-order chi connectivity index (χ1) is 14.2. The maximum atomic E-state index is 14.2. The zero-order valence-electron chi connectivity index (χ0n) is 17.5. The molecule has 0 N–H and O–H groups in total. The summed E-state index contributed by atoms with van der Waals surface area (Å²) < 4.78 is 42.5. The van der Waals surface area contributed by atoms with Gasteiger partial charge in [0.1, 0.15) is 6.04 Å². The van der Waals surface area contributed by atoms with Gasteiger partial charge in [-0.2, -0.15) is 18.4 Å². The van der Waals surface area contributed by atoms with Crippen molar-refractivity contribution >= 4 is 5.91 Å². The van der Waals surface area contributed by atoms with Crippen LogP contribution in [0.5, 0.6) is 0 Å². The number of rotatable bonds is 5. The Balaban J connectivity index is 1.70. The van der Waals surface area contributed by atoms with Gasteiger partial charge >= 0.3 is 6.18 Å². The van der Waals surface area contributed by atoms with Crippen molar-refractivity contribution in [2.24, 2.45) is 11.3 Å². The Hall–Kier alpha value is -2.11. The maximum Gasteiger partial charge on any atom is 0.404 e. The monoisotopic (exact) mass is 422 g/mol. The van der Waals surface area contributed by atoms with E-state index in [9.17, 15) is 23.2 Å². The molecule has 3 rings (SSSR count). The summed E-state index contributed by atoms with van der Waals surface area (Å²) in [7, 11) is 0. The molecule has 5 nitrogen and oxygen atoms in total. The third-order valence-electron chi connectivity index (χ3n) is 6.31. The van der Waals surface area contributed by atoms with Gasteiger partial charge < -0.3 is 4.90 Å². The minimum Gasteiger partial charge on any atom is -0.339 e. The van der Waals surface area contributed by atoms with Crippen LogP contribution in [-0.4, -0.2) is 72.1 Å². The second-order valence-electron chi connectivity index (χ2n) is 8.67. The standard InChI is InChI=1S/C22H29F3N4O/c1-17(2)19(14-26)28-10-12-29(13-11-28)20(30)21(22(23,24)25)8-9-27(16-21)15-18-6-4-3-5-7-18/h3-7,17,19H,8-13,15-16H2,1-2H3. The highest BCUT2D eigenvalue weighted by Crippen LogP contribution is 2.47. The van der Waals surface area contributed by atoms with Crippen LogP contribution in [0.2, 0.25) is 0 Å². The van der Waals surface area contributed by atoms with Crippen molar-refractivity contribution in [1.82, 2.24) is 14.7 Å². The molecule has 0 spiro atoms. The van der Waals surface area contributed by atoms with E-state index in [2.05, 4.69) is 6.07 Å². The molecule has 2 fully saturated rings. The molecule has 30 heavy (non-hydrogen) atoms. The highest BCUT2D eigenvalue weighted by molar-refractivity contribution is 5.84.